The van der Waals surface area contributed by atoms with E-state index >= 15 is 0 Å². The van der Waals surface area contributed by atoms with Crippen LogP contribution in [0, 0.1) is 0 Å². The highest BCUT2D eigenvalue weighted by molar-refractivity contribution is 9.10. The molecule has 1 fully saturated rings. The summed E-state index contributed by atoms with van der Waals surface area (Å²) in [6.45, 7) is 0.670. The fraction of sp³-hybridized carbons (Fsp3) is 0.333. The van der Waals surface area contributed by atoms with E-state index in [1.54, 1.807) is 23.1 Å². The van der Waals surface area contributed by atoms with E-state index in [1.165, 1.54) is 0 Å². The third kappa shape index (κ3) is 2.53. The van der Waals surface area contributed by atoms with E-state index in [1.807, 2.05) is 0 Å². The molecule has 2 N–H and O–H groups in total. The third-order valence-corrected chi connectivity index (χ3v) is 4.59. The third-order valence-electron chi connectivity index (χ3n) is 3.02. The molecule has 2 rings (SSSR count). The molecule has 1 aromatic rings. The van der Waals surface area contributed by atoms with Crippen molar-refractivity contribution in [2.45, 2.75) is 18.9 Å². The molecule has 0 spiro atoms. The molecule has 1 aromatic carbocycles. The number of hydrogen-bond acceptors (Lipinski definition) is 2. The maximum Gasteiger partial charge on any atom is 0.256 e. The fourth-order valence-electron chi connectivity index (χ4n) is 2.13. The molecule has 1 atom stereocenters. The number of nitrogens with two attached hydrogens (primary N) is 1. The van der Waals surface area contributed by atoms with Crippen LogP contribution < -0.4 is 5.73 Å². The first-order valence-electron chi connectivity index (χ1n) is 5.56. The van der Waals surface area contributed by atoms with E-state index in [0.29, 0.717) is 26.6 Å². The van der Waals surface area contributed by atoms with Gasteiger partial charge in [-0.1, -0.05) is 29.9 Å². The smallest absolute Gasteiger partial charge is 0.256 e. The summed E-state index contributed by atoms with van der Waals surface area (Å²) in [6, 6.07) is 5.15. The van der Waals surface area contributed by atoms with E-state index in [4.69, 9.17) is 29.6 Å². The van der Waals surface area contributed by atoms with Crippen LogP contribution in [0.25, 0.3) is 0 Å². The first-order chi connectivity index (χ1) is 8.52. The van der Waals surface area contributed by atoms with Crippen molar-refractivity contribution < 1.29 is 4.79 Å². The molecular formula is C12H12BrClN2OS. The lowest BCUT2D eigenvalue weighted by molar-refractivity contribution is 0.0770. The summed E-state index contributed by atoms with van der Waals surface area (Å²) < 4.78 is 0.709. The van der Waals surface area contributed by atoms with E-state index < -0.39 is 0 Å². The zero-order chi connectivity index (χ0) is 13.3. The minimum atomic E-state index is -0.150. The monoisotopic (exact) mass is 346 g/mol. The largest absolute Gasteiger partial charge is 0.392 e. The molecule has 3 nitrogen and oxygen atoms in total. The van der Waals surface area contributed by atoms with Crippen molar-refractivity contribution in [3.63, 3.8) is 0 Å². The summed E-state index contributed by atoms with van der Waals surface area (Å²) in [6.07, 6.45) is 1.74. The summed E-state index contributed by atoms with van der Waals surface area (Å²) in [4.78, 5) is 14.5. The van der Waals surface area contributed by atoms with Gasteiger partial charge in [0.25, 0.3) is 5.91 Å². The molecule has 1 unspecified atom stereocenters. The average molecular weight is 348 g/mol. The van der Waals surface area contributed by atoms with E-state index in [9.17, 15) is 4.79 Å². The number of hydrogen-bond donors (Lipinski definition) is 1. The molecular weight excluding hydrogens is 336 g/mol. The Hall–Kier alpha value is -0.650. The summed E-state index contributed by atoms with van der Waals surface area (Å²) in [5.41, 5.74) is 6.15. The Labute approximate surface area is 124 Å². The summed E-state index contributed by atoms with van der Waals surface area (Å²) in [7, 11) is 0. The van der Waals surface area contributed by atoms with Gasteiger partial charge in [-0.3, -0.25) is 4.79 Å². The fourth-order valence-corrected chi connectivity index (χ4v) is 2.95. The maximum absolute atomic E-state index is 12.4. The van der Waals surface area contributed by atoms with Crippen LogP contribution in [-0.2, 0) is 0 Å². The number of benzene rings is 1. The number of carbonyl (C=O) groups is 1. The van der Waals surface area contributed by atoms with Gasteiger partial charge >= 0.3 is 0 Å². The van der Waals surface area contributed by atoms with Gasteiger partial charge in [0.05, 0.1) is 21.6 Å². The number of rotatable bonds is 2. The number of halogens is 2. The van der Waals surface area contributed by atoms with Crippen LogP contribution in [0.5, 0.6) is 0 Å². The number of likely N-dealkylation sites (tertiary alicyclic amines) is 1. The topological polar surface area (TPSA) is 46.3 Å². The highest BCUT2D eigenvalue weighted by atomic mass is 79.9. The molecule has 1 aliphatic rings. The molecule has 0 bridgehead atoms. The highest BCUT2D eigenvalue weighted by Crippen LogP contribution is 2.29. The quantitative estimate of drug-likeness (QED) is 0.837. The van der Waals surface area contributed by atoms with Crippen molar-refractivity contribution in [2.24, 2.45) is 5.73 Å². The Morgan fingerprint density at radius 2 is 2.28 bits per heavy atom. The van der Waals surface area contributed by atoms with Gasteiger partial charge in [0, 0.05) is 11.0 Å². The van der Waals surface area contributed by atoms with Gasteiger partial charge in [0.1, 0.15) is 0 Å². The summed E-state index contributed by atoms with van der Waals surface area (Å²) >= 11 is 14.5. The Bertz CT molecular complexity index is 509. The van der Waals surface area contributed by atoms with Gasteiger partial charge in [-0.25, -0.2) is 0 Å². The molecule has 1 aliphatic heterocycles. The molecule has 0 radical (unpaired) electrons. The second-order valence-electron chi connectivity index (χ2n) is 4.16. The molecule has 1 amide bonds. The standard InChI is InChI=1S/C12H12BrClN2OS/c13-8-4-1-3-7(10(8)14)12(17)16-6-2-5-9(16)11(15)18/h1,3-4,9H,2,5-6H2,(H2,15,18). The minimum absolute atomic E-state index is 0.114. The maximum atomic E-state index is 12.4. The van der Waals surface area contributed by atoms with Crippen LogP contribution >= 0.6 is 39.7 Å². The molecule has 1 saturated heterocycles. The van der Waals surface area contributed by atoms with Gasteiger partial charge < -0.3 is 10.6 Å². The highest BCUT2D eigenvalue weighted by Gasteiger charge is 2.32. The van der Waals surface area contributed by atoms with Crippen molar-refractivity contribution in [2.75, 3.05) is 6.54 Å². The van der Waals surface area contributed by atoms with Crippen molar-refractivity contribution in [1.82, 2.24) is 4.90 Å². The van der Waals surface area contributed by atoms with Gasteiger partial charge in [-0.05, 0) is 40.9 Å². The number of nitrogens with zero attached hydrogens (tertiary/aromatic N) is 1. The van der Waals surface area contributed by atoms with Crippen LogP contribution in [-0.4, -0.2) is 28.4 Å². The number of thiocarbonyl (C=S) groups is 1. The van der Waals surface area contributed by atoms with Crippen LogP contribution in [0.15, 0.2) is 22.7 Å². The van der Waals surface area contributed by atoms with E-state index in [-0.39, 0.29) is 11.9 Å². The second kappa shape index (κ2) is 5.55. The molecule has 6 heteroatoms. The van der Waals surface area contributed by atoms with Crippen LogP contribution in [0.1, 0.15) is 23.2 Å². The van der Waals surface area contributed by atoms with Crippen molar-refractivity contribution in [3.8, 4) is 0 Å². The van der Waals surface area contributed by atoms with Crippen LogP contribution in [0.2, 0.25) is 5.02 Å². The summed E-state index contributed by atoms with van der Waals surface area (Å²) in [5, 5.41) is 0.427. The van der Waals surface area contributed by atoms with E-state index in [0.717, 1.165) is 12.8 Å². The second-order valence-corrected chi connectivity index (χ2v) is 5.86. The SMILES string of the molecule is NC(=S)C1CCCN1C(=O)c1cccc(Br)c1Cl. The molecule has 96 valence electrons. The lowest BCUT2D eigenvalue weighted by Crippen LogP contribution is -2.42. The predicted molar refractivity (Wildman–Crippen MR) is 80.0 cm³/mol. The lowest BCUT2D eigenvalue weighted by atomic mass is 10.1. The Morgan fingerprint density at radius 1 is 1.56 bits per heavy atom. The van der Waals surface area contributed by atoms with Crippen molar-refractivity contribution in [3.05, 3.63) is 33.3 Å². The van der Waals surface area contributed by atoms with Gasteiger partial charge in [-0.2, -0.15) is 0 Å². The van der Waals surface area contributed by atoms with Crippen LogP contribution in [0.3, 0.4) is 0 Å². The molecule has 0 saturated carbocycles. The average Bonchev–Trinajstić information content (AvgIpc) is 2.81. The van der Waals surface area contributed by atoms with Crippen molar-refractivity contribution in [1.29, 1.82) is 0 Å². The first-order valence-corrected chi connectivity index (χ1v) is 7.14. The summed E-state index contributed by atoms with van der Waals surface area (Å²) in [5.74, 6) is -0.114. The molecule has 1 heterocycles. The molecule has 0 aromatic heterocycles. The van der Waals surface area contributed by atoms with Gasteiger partial charge in [0.2, 0.25) is 0 Å². The Morgan fingerprint density at radius 3 is 2.94 bits per heavy atom. The number of amides is 1. The number of carbonyl (C=O) groups excluding carboxylic acids is 1. The molecule has 18 heavy (non-hydrogen) atoms. The van der Waals surface area contributed by atoms with Crippen LogP contribution in [0.4, 0.5) is 0 Å². The predicted octanol–water partition coefficient (Wildman–Crippen LogP) is 2.99. The zero-order valence-corrected chi connectivity index (χ0v) is 12.7. The lowest BCUT2D eigenvalue weighted by Gasteiger charge is -2.24. The van der Waals surface area contributed by atoms with E-state index in [2.05, 4.69) is 15.9 Å². The minimum Gasteiger partial charge on any atom is -0.392 e. The Kier molecular flexibility index (Phi) is 4.25. The van der Waals surface area contributed by atoms with Crippen molar-refractivity contribution >= 4 is 50.6 Å². The van der Waals surface area contributed by atoms with Gasteiger partial charge in [-0.15, -0.1) is 0 Å². The normalized spacial score (nSPS) is 19.0. The Balaban J connectivity index is 2.31. The zero-order valence-electron chi connectivity index (χ0n) is 9.53. The first kappa shape index (κ1) is 13.8. The van der Waals surface area contributed by atoms with Gasteiger partial charge in [0.15, 0.2) is 0 Å². The molecule has 0 aliphatic carbocycles.